The predicted octanol–water partition coefficient (Wildman–Crippen LogP) is 3.03. The number of methoxy groups -OCH3 is 1. The number of pyridine rings is 1. The third kappa shape index (κ3) is 6.47. The summed E-state index contributed by atoms with van der Waals surface area (Å²) >= 11 is 0. The Kier molecular flexibility index (Phi) is 8.32. The Labute approximate surface area is 213 Å². The zero-order chi connectivity index (χ0) is 25.7. The maximum Gasteiger partial charge on any atom is 0.311 e. The first-order valence-corrected chi connectivity index (χ1v) is 12.4. The number of carbonyl (C=O) groups is 1. The maximum absolute atomic E-state index is 12.9. The van der Waals surface area contributed by atoms with Crippen LogP contribution in [0.2, 0.25) is 0 Å². The molecular weight excluding hydrogens is 456 g/mol. The van der Waals surface area contributed by atoms with Crippen molar-refractivity contribution in [2.45, 2.75) is 40.3 Å². The highest BCUT2D eigenvalue weighted by Crippen LogP contribution is 2.22. The Balaban J connectivity index is 1.25. The summed E-state index contributed by atoms with van der Waals surface area (Å²) in [6.45, 7) is 11.2. The SMILES string of the molecule is COc1cc(C)c(CCN(C)Cc2nnc(C(=O)N3CCN(Cc4ccc(C)nc4)CC3)o2)c(C)c1. The summed E-state index contributed by atoms with van der Waals surface area (Å²) in [6, 6.07) is 8.27. The number of likely N-dealkylation sites (N-methyl/N-ethyl adjacent to an activating group) is 1. The molecule has 0 spiro atoms. The summed E-state index contributed by atoms with van der Waals surface area (Å²) < 4.78 is 11.1. The van der Waals surface area contributed by atoms with Crippen LogP contribution in [-0.4, -0.2) is 82.7 Å². The zero-order valence-corrected chi connectivity index (χ0v) is 22.0. The molecule has 0 atom stereocenters. The quantitative estimate of drug-likeness (QED) is 0.451. The van der Waals surface area contributed by atoms with Crippen LogP contribution in [0.15, 0.2) is 34.9 Å². The van der Waals surface area contributed by atoms with Crippen molar-refractivity contribution >= 4 is 5.91 Å². The van der Waals surface area contributed by atoms with Gasteiger partial charge < -0.3 is 14.1 Å². The molecular formula is C27H36N6O3. The van der Waals surface area contributed by atoms with Crippen LogP contribution in [-0.2, 0) is 19.5 Å². The number of aryl methyl sites for hydroxylation is 3. The molecule has 0 radical (unpaired) electrons. The number of amides is 1. The largest absolute Gasteiger partial charge is 0.497 e. The van der Waals surface area contributed by atoms with Crippen LogP contribution in [0.5, 0.6) is 5.75 Å². The van der Waals surface area contributed by atoms with Gasteiger partial charge in [0, 0.05) is 51.2 Å². The molecule has 4 rings (SSSR count). The van der Waals surface area contributed by atoms with E-state index in [0.717, 1.165) is 44.0 Å². The lowest BCUT2D eigenvalue weighted by Crippen LogP contribution is -2.48. The molecule has 0 saturated carbocycles. The number of hydrogen-bond acceptors (Lipinski definition) is 8. The predicted molar refractivity (Wildman–Crippen MR) is 137 cm³/mol. The second-order valence-electron chi connectivity index (χ2n) is 9.60. The summed E-state index contributed by atoms with van der Waals surface area (Å²) in [4.78, 5) is 23.5. The van der Waals surface area contributed by atoms with Crippen molar-refractivity contribution in [3.63, 3.8) is 0 Å². The first kappa shape index (κ1) is 25.8. The average Bonchev–Trinajstić information content (AvgIpc) is 3.33. The fraction of sp³-hybridized carbons (Fsp3) is 0.481. The minimum atomic E-state index is -0.197. The van der Waals surface area contributed by atoms with Crippen LogP contribution in [0, 0.1) is 20.8 Å². The molecule has 3 heterocycles. The van der Waals surface area contributed by atoms with E-state index in [0.29, 0.717) is 25.5 Å². The number of ether oxygens (including phenoxy) is 1. The van der Waals surface area contributed by atoms with Gasteiger partial charge in [0.15, 0.2) is 0 Å². The molecule has 1 fully saturated rings. The molecule has 1 aliphatic heterocycles. The number of piperazine rings is 1. The summed E-state index contributed by atoms with van der Waals surface area (Å²) in [5.41, 5.74) is 5.97. The van der Waals surface area contributed by atoms with Gasteiger partial charge >= 0.3 is 11.8 Å². The van der Waals surface area contributed by atoms with Crippen LogP contribution in [0.1, 0.15) is 44.5 Å². The normalized spacial score (nSPS) is 14.4. The van der Waals surface area contributed by atoms with Gasteiger partial charge in [0.1, 0.15) is 5.75 Å². The minimum Gasteiger partial charge on any atom is -0.497 e. The minimum absolute atomic E-state index is 0.0661. The van der Waals surface area contributed by atoms with Crippen molar-refractivity contribution in [3.8, 4) is 5.75 Å². The number of aromatic nitrogens is 3. The van der Waals surface area contributed by atoms with Crippen molar-refractivity contribution in [1.29, 1.82) is 0 Å². The second kappa shape index (κ2) is 11.6. The van der Waals surface area contributed by atoms with Crippen LogP contribution < -0.4 is 4.74 Å². The Morgan fingerprint density at radius 3 is 2.44 bits per heavy atom. The van der Waals surface area contributed by atoms with Crippen molar-refractivity contribution in [2.75, 3.05) is 46.9 Å². The molecule has 0 N–H and O–H groups in total. The molecule has 1 saturated heterocycles. The molecule has 9 heteroatoms. The maximum atomic E-state index is 12.9. The van der Waals surface area contributed by atoms with E-state index in [1.165, 1.54) is 22.3 Å². The van der Waals surface area contributed by atoms with Gasteiger partial charge in [-0.15, -0.1) is 10.2 Å². The van der Waals surface area contributed by atoms with E-state index in [4.69, 9.17) is 9.15 Å². The number of rotatable bonds is 9. The molecule has 9 nitrogen and oxygen atoms in total. The van der Waals surface area contributed by atoms with Crippen LogP contribution >= 0.6 is 0 Å². The van der Waals surface area contributed by atoms with Gasteiger partial charge in [0.2, 0.25) is 5.89 Å². The lowest BCUT2D eigenvalue weighted by atomic mass is 9.99. The molecule has 2 aromatic heterocycles. The fourth-order valence-corrected chi connectivity index (χ4v) is 4.58. The average molecular weight is 493 g/mol. The Hall–Kier alpha value is -3.30. The molecule has 1 aliphatic rings. The zero-order valence-electron chi connectivity index (χ0n) is 22.0. The molecule has 0 unspecified atom stereocenters. The molecule has 1 amide bonds. The summed E-state index contributed by atoms with van der Waals surface area (Å²) in [6.07, 6.45) is 2.82. The third-order valence-corrected chi connectivity index (χ3v) is 6.74. The summed E-state index contributed by atoms with van der Waals surface area (Å²) in [5, 5.41) is 8.16. The number of benzene rings is 1. The Morgan fingerprint density at radius 2 is 1.81 bits per heavy atom. The molecule has 0 aliphatic carbocycles. The Bertz CT molecular complexity index is 1150. The van der Waals surface area contributed by atoms with Crippen LogP contribution in [0.3, 0.4) is 0 Å². The highest BCUT2D eigenvalue weighted by Gasteiger charge is 2.26. The van der Waals surface area contributed by atoms with Gasteiger partial charge in [0.25, 0.3) is 0 Å². The topological polar surface area (TPSA) is 87.8 Å². The first-order chi connectivity index (χ1) is 17.3. The number of nitrogens with zero attached hydrogens (tertiary/aromatic N) is 6. The van der Waals surface area contributed by atoms with Gasteiger partial charge in [0.05, 0.1) is 13.7 Å². The highest BCUT2D eigenvalue weighted by atomic mass is 16.5. The molecule has 0 bridgehead atoms. The smallest absolute Gasteiger partial charge is 0.311 e. The van der Waals surface area contributed by atoms with Gasteiger partial charge in [-0.1, -0.05) is 6.07 Å². The van der Waals surface area contributed by atoms with Gasteiger partial charge in [-0.2, -0.15) is 0 Å². The summed E-state index contributed by atoms with van der Waals surface area (Å²) in [7, 11) is 3.71. The second-order valence-corrected chi connectivity index (χ2v) is 9.60. The van der Waals surface area contributed by atoms with E-state index >= 15 is 0 Å². The monoisotopic (exact) mass is 492 g/mol. The number of carbonyl (C=O) groups excluding carboxylic acids is 1. The van der Waals surface area contributed by atoms with Gasteiger partial charge in [-0.25, -0.2) is 0 Å². The summed E-state index contributed by atoms with van der Waals surface area (Å²) in [5.74, 6) is 1.21. The lowest BCUT2D eigenvalue weighted by molar-refractivity contribution is 0.0586. The standard InChI is InChI=1S/C27H36N6O3/c1-19-14-23(35-5)15-20(2)24(19)8-9-31(4)18-25-29-30-26(36-25)27(34)33-12-10-32(11-13-33)17-22-7-6-21(3)28-16-22/h6-7,14-16H,8-13,17-18H2,1-5H3. The third-order valence-electron chi connectivity index (χ3n) is 6.74. The highest BCUT2D eigenvalue weighted by molar-refractivity contribution is 5.89. The van der Waals surface area contributed by atoms with E-state index in [2.05, 4.69) is 57.0 Å². The van der Waals surface area contributed by atoms with E-state index in [1.54, 1.807) is 12.0 Å². The van der Waals surface area contributed by atoms with Crippen molar-refractivity contribution in [2.24, 2.45) is 0 Å². The molecule has 192 valence electrons. The molecule has 3 aromatic rings. The van der Waals surface area contributed by atoms with E-state index < -0.39 is 0 Å². The van der Waals surface area contributed by atoms with Gasteiger partial charge in [-0.3, -0.25) is 19.6 Å². The fourth-order valence-electron chi connectivity index (χ4n) is 4.58. The van der Waals surface area contributed by atoms with Crippen LogP contribution in [0.25, 0.3) is 0 Å². The van der Waals surface area contributed by atoms with Crippen molar-refractivity contribution in [3.05, 3.63) is 70.2 Å². The van der Waals surface area contributed by atoms with Gasteiger partial charge in [-0.05, 0) is 74.7 Å². The van der Waals surface area contributed by atoms with Crippen molar-refractivity contribution in [1.82, 2.24) is 29.9 Å². The van der Waals surface area contributed by atoms with E-state index in [1.807, 2.05) is 26.2 Å². The lowest BCUT2D eigenvalue weighted by Gasteiger charge is -2.33. The van der Waals surface area contributed by atoms with Crippen LogP contribution in [0.4, 0.5) is 0 Å². The van der Waals surface area contributed by atoms with E-state index in [-0.39, 0.29) is 11.8 Å². The molecule has 1 aromatic carbocycles. The first-order valence-electron chi connectivity index (χ1n) is 12.4. The number of hydrogen-bond donors (Lipinski definition) is 0. The van der Waals surface area contributed by atoms with Crippen molar-refractivity contribution < 1.29 is 13.9 Å². The Morgan fingerprint density at radius 1 is 1.08 bits per heavy atom. The van der Waals surface area contributed by atoms with E-state index in [9.17, 15) is 4.79 Å². The molecule has 36 heavy (non-hydrogen) atoms.